The first-order valence-electron chi connectivity index (χ1n) is 7.07. The van der Waals surface area contributed by atoms with Gasteiger partial charge < -0.3 is 14.6 Å². The van der Waals surface area contributed by atoms with Crippen molar-refractivity contribution in [3.05, 3.63) is 55.1 Å². The number of nitrogens with one attached hydrogen (secondary N) is 1. The van der Waals surface area contributed by atoms with Crippen molar-refractivity contribution >= 4 is 11.7 Å². The number of amides is 1. The molecule has 0 radical (unpaired) electrons. The molecular formula is C16H14FN5O2. The van der Waals surface area contributed by atoms with Crippen molar-refractivity contribution in [1.82, 2.24) is 19.5 Å². The Morgan fingerprint density at radius 2 is 2.21 bits per heavy atom. The van der Waals surface area contributed by atoms with E-state index < -0.39 is 5.82 Å². The van der Waals surface area contributed by atoms with Gasteiger partial charge in [-0.15, -0.1) is 0 Å². The zero-order chi connectivity index (χ0) is 16.9. The Morgan fingerprint density at radius 3 is 2.96 bits per heavy atom. The molecule has 0 spiro atoms. The smallest absolute Gasteiger partial charge is 0.245 e. The molecule has 2 aromatic heterocycles. The first-order valence-corrected chi connectivity index (χ1v) is 7.07. The minimum atomic E-state index is -0.407. The average Bonchev–Trinajstić information content (AvgIpc) is 3.08. The molecule has 0 bridgehead atoms. The largest absolute Gasteiger partial charge is 0.496 e. The molecule has 1 aromatic carbocycles. The molecule has 3 aromatic rings. The van der Waals surface area contributed by atoms with Gasteiger partial charge >= 0.3 is 0 Å². The first kappa shape index (κ1) is 15.6. The third-order valence-electron chi connectivity index (χ3n) is 3.26. The quantitative estimate of drug-likeness (QED) is 0.776. The molecule has 0 atom stereocenters. The number of rotatable bonds is 5. The topological polar surface area (TPSA) is 81.9 Å². The lowest BCUT2D eigenvalue weighted by molar-refractivity contribution is -0.116. The van der Waals surface area contributed by atoms with Crippen LogP contribution in [-0.4, -0.2) is 32.5 Å². The fourth-order valence-electron chi connectivity index (χ4n) is 2.18. The van der Waals surface area contributed by atoms with Gasteiger partial charge in [0.15, 0.2) is 0 Å². The van der Waals surface area contributed by atoms with Crippen LogP contribution in [0, 0.1) is 5.82 Å². The number of anilines is 1. The number of carbonyl (C=O) groups is 1. The fraction of sp³-hybridized carbons (Fsp3) is 0.125. The third-order valence-corrected chi connectivity index (χ3v) is 3.26. The van der Waals surface area contributed by atoms with E-state index in [-0.39, 0.29) is 12.5 Å². The predicted molar refractivity (Wildman–Crippen MR) is 84.8 cm³/mol. The molecule has 2 heterocycles. The summed E-state index contributed by atoms with van der Waals surface area (Å²) in [6.45, 7) is 0.114. The van der Waals surface area contributed by atoms with Crippen LogP contribution in [0.1, 0.15) is 0 Å². The molecule has 0 unspecified atom stereocenters. The van der Waals surface area contributed by atoms with Crippen LogP contribution in [0.5, 0.6) is 5.75 Å². The van der Waals surface area contributed by atoms with E-state index in [2.05, 4.69) is 20.3 Å². The summed E-state index contributed by atoms with van der Waals surface area (Å²) in [5.74, 6) is 0.126. The van der Waals surface area contributed by atoms with Gasteiger partial charge in [0.2, 0.25) is 5.91 Å². The number of aromatic nitrogens is 4. The summed E-state index contributed by atoms with van der Waals surface area (Å²) in [5, 5.41) is 2.67. The van der Waals surface area contributed by atoms with E-state index in [1.54, 1.807) is 29.4 Å². The molecule has 122 valence electrons. The second kappa shape index (κ2) is 6.86. The van der Waals surface area contributed by atoms with Gasteiger partial charge in [-0.2, -0.15) is 0 Å². The van der Waals surface area contributed by atoms with E-state index in [0.29, 0.717) is 22.8 Å². The minimum absolute atomic E-state index is 0.114. The lowest BCUT2D eigenvalue weighted by Crippen LogP contribution is -2.18. The van der Waals surface area contributed by atoms with Gasteiger partial charge in [0.1, 0.15) is 30.3 Å². The number of halogens is 1. The second-order valence-corrected chi connectivity index (χ2v) is 4.92. The van der Waals surface area contributed by atoms with Crippen LogP contribution in [0.3, 0.4) is 0 Å². The van der Waals surface area contributed by atoms with Gasteiger partial charge in [0.25, 0.3) is 0 Å². The Morgan fingerprint density at radius 1 is 1.33 bits per heavy atom. The van der Waals surface area contributed by atoms with Gasteiger partial charge in [0, 0.05) is 24.0 Å². The summed E-state index contributed by atoms with van der Waals surface area (Å²) in [6, 6.07) is 5.70. The van der Waals surface area contributed by atoms with Gasteiger partial charge in [-0.05, 0) is 18.2 Å². The molecule has 0 aliphatic carbocycles. The van der Waals surface area contributed by atoms with E-state index in [1.807, 2.05) is 0 Å². The van der Waals surface area contributed by atoms with E-state index in [0.717, 1.165) is 0 Å². The molecule has 0 fully saturated rings. The zero-order valence-electron chi connectivity index (χ0n) is 12.8. The predicted octanol–water partition coefficient (Wildman–Crippen LogP) is 2.13. The molecule has 0 aliphatic rings. The van der Waals surface area contributed by atoms with E-state index >= 15 is 0 Å². The van der Waals surface area contributed by atoms with Crippen LogP contribution in [0.15, 0.2) is 49.3 Å². The molecule has 7 nitrogen and oxygen atoms in total. The SMILES string of the molecule is COc1ccc(F)cc1-c1cc(NC(=O)Cn2ccnc2)ncn1. The maximum Gasteiger partial charge on any atom is 0.245 e. The highest BCUT2D eigenvalue weighted by Crippen LogP contribution is 2.29. The zero-order valence-corrected chi connectivity index (χ0v) is 12.8. The molecule has 0 saturated heterocycles. The summed E-state index contributed by atoms with van der Waals surface area (Å²) in [6.07, 6.45) is 6.12. The van der Waals surface area contributed by atoms with Crippen LogP contribution in [0.25, 0.3) is 11.3 Å². The lowest BCUT2D eigenvalue weighted by atomic mass is 10.1. The average molecular weight is 327 g/mol. The maximum absolute atomic E-state index is 13.5. The first-order chi connectivity index (χ1) is 11.7. The normalized spacial score (nSPS) is 10.4. The second-order valence-electron chi connectivity index (χ2n) is 4.92. The fourth-order valence-corrected chi connectivity index (χ4v) is 2.18. The molecule has 1 N–H and O–H groups in total. The Bertz CT molecular complexity index is 851. The summed E-state index contributed by atoms with van der Waals surface area (Å²) < 4.78 is 20.4. The van der Waals surface area contributed by atoms with Crippen molar-refractivity contribution in [3.8, 4) is 17.0 Å². The van der Waals surface area contributed by atoms with Crippen LogP contribution in [0.2, 0.25) is 0 Å². The maximum atomic E-state index is 13.5. The number of hydrogen-bond acceptors (Lipinski definition) is 5. The van der Waals surface area contributed by atoms with E-state index in [1.165, 1.54) is 31.6 Å². The van der Waals surface area contributed by atoms with E-state index in [4.69, 9.17) is 4.74 Å². The van der Waals surface area contributed by atoms with Gasteiger partial charge in [-0.1, -0.05) is 0 Å². The van der Waals surface area contributed by atoms with Crippen LogP contribution in [0.4, 0.5) is 10.2 Å². The Labute approximate surface area is 137 Å². The summed E-state index contributed by atoms with van der Waals surface area (Å²) in [7, 11) is 1.49. The molecule has 24 heavy (non-hydrogen) atoms. The van der Waals surface area contributed by atoms with E-state index in [9.17, 15) is 9.18 Å². The number of hydrogen-bond donors (Lipinski definition) is 1. The van der Waals surface area contributed by atoms with Gasteiger partial charge in [-0.3, -0.25) is 4.79 Å². The number of imidazole rings is 1. The Balaban J connectivity index is 1.82. The summed E-state index contributed by atoms with van der Waals surface area (Å²) in [4.78, 5) is 24.0. The number of benzene rings is 1. The molecule has 0 saturated carbocycles. The monoisotopic (exact) mass is 327 g/mol. The Hall–Kier alpha value is -3.29. The molecule has 3 rings (SSSR count). The minimum Gasteiger partial charge on any atom is -0.496 e. The van der Waals surface area contributed by atoms with Crippen LogP contribution >= 0.6 is 0 Å². The highest BCUT2D eigenvalue weighted by molar-refractivity contribution is 5.90. The van der Waals surface area contributed by atoms with Crippen LogP contribution in [-0.2, 0) is 11.3 Å². The van der Waals surface area contributed by atoms with Crippen molar-refractivity contribution in [3.63, 3.8) is 0 Å². The summed E-state index contributed by atoms with van der Waals surface area (Å²) >= 11 is 0. The lowest BCUT2D eigenvalue weighted by Gasteiger charge is -2.09. The standard InChI is InChI=1S/C16H14FN5O2/c1-24-14-3-2-11(17)6-12(14)13-7-15(20-9-19-13)21-16(23)8-22-5-4-18-10-22/h2-7,9-10H,8H2,1H3,(H,19,20,21,23). The highest BCUT2D eigenvalue weighted by atomic mass is 19.1. The number of carbonyl (C=O) groups excluding carboxylic acids is 1. The molecule has 1 amide bonds. The van der Waals surface area contributed by atoms with Crippen LogP contribution < -0.4 is 10.1 Å². The molecule has 0 aliphatic heterocycles. The third kappa shape index (κ3) is 3.54. The molecular weight excluding hydrogens is 313 g/mol. The number of ether oxygens (including phenoxy) is 1. The van der Waals surface area contributed by atoms with Gasteiger partial charge in [0.05, 0.1) is 19.1 Å². The molecule has 8 heteroatoms. The van der Waals surface area contributed by atoms with Crippen molar-refractivity contribution in [2.24, 2.45) is 0 Å². The van der Waals surface area contributed by atoms with Crippen molar-refractivity contribution in [1.29, 1.82) is 0 Å². The van der Waals surface area contributed by atoms with Crippen molar-refractivity contribution < 1.29 is 13.9 Å². The van der Waals surface area contributed by atoms with Crippen molar-refractivity contribution in [2.75, 3.05) is 12.4 Å². The van der Waals surface area contributed by atoms with Crippen molar-refractivity contribution in [2.45, 2.75) is 6.54 Å². The Kier molecular flexibility index (Phi) is 4.46. The highest BCUT2D eigenvalue weighted by Gasteiger charge is 2.11. The van der Waals surface area contributed by atoms with Gasteiger partial charge in [-0.25, -0.2) is 19.3 Å². The summed E-state index contributed by atoms with van der Waals surface area (Å²) in [5.41, 5.74) is 0.921. The number of nitrogens with zero attached hydrogens (tertiary/aromatic N) is 4. The number of methoxy groups -OCH3 is 1.